The quantitative estimate of drug-likeness (QED) is 0.710. The predicted molar refractivity (Wildman–Crippen MR) is 60.9 cm³/mol. The Morgan fingerprint density at radius 2 is 1.88 bits per heavy atom. The second-order valence-electron chi connectivity index (χ2n) is 3.16. The van der Waals surface area contributed by atoms with E-state index in [1.54, 1.807) is 0 Å². The van der Waals surface area contributed by atoms with E-state index in [0.717, 1.165) is 19.4 Å². The van der Waals surface area contributed by atoms with Crippen LogP contribution >= 0.6 is 0 Å². The Kier molecular flexibility index (Phi) is 5.31. The number of hydrogen-bond acceptors (Lipinski definition) is 6. The van der Waals surface area contributed by atoms with E-state index in [9.17, 15) is 0 Å². The van der Waals surface area contributed by atoms with E-state index in [1.165, 1.54) is 7.11 Å². The molecule has 0 aliphatic heterocycles. The van der Waals surface area contributed by atoms with Crippen molar-refractivity contribution in [2.75, 3.05) is 25.6 Å². The first-order valence-corrected chi connectivity index (χ1v) is 5.46. The molecule has 16 heavy (non-hydrogen) atoms. The average Bonchev–Trinajstić information content (AvgIpc) is 2.29. The summed E-state index contributed by atoms with van der Waals surface area (Å²) in [5, 5.41) is 2.99. The van der Waals surface area contributed by atoms with Crippen LogP contribution in [0.3, 0.4) is 0 Å². The van der Waals surface area contributed by atoms with Gasteiger partial charge < -0.3 is 14.8 Å². The minimum atomic E-state index is 0.262. The van der Waals surface area contributed by atoms with Crippen molar-refractivity contribution in [2.45, 2.75) is 26.7 Å². The van der Waals surface area contributed by atoms with Crippen LogP contribution in [0.25, 0.3) is 0 Å². The summed E-state index contributed by atoms with van der Waals surface area (Å²) in [6.45, 7) is 5.41. The van der Waals surface area contributed by atoms with Crippen molar-refractivity contribution in [1.29, 1.82) is 0 Å². The van der Waals surface area contributed by atoms with Crippen molar-refractivity contribution >= 4 is 5.95 Å². The second kappa shape index (κ2) is 6.81. The van der Waals surface area contributed by atoms with Crippen molar-refractivity contribution in [1.82, 2.24) is 15.0 Å². The molecule has 1 aromatic rings. The van der Waals surface area contributed by atoms with Crippen LogP contribution in [0.2, 0.25) is 0 Å². The molecule has 90 valence electrons. The van der Waals surface area contributed by atoms with Gasteiger partial charge in [0, 0.05) is 6.54 Å². The van der Waals surface area contributed by atoms with E-state index in [0.29, 0.717) is 18.6 Å². The highest BCUT2D eigenvalue weighted by atomic mass is 16.5. The molecule has 0 aliphatic rings. The van der Waals surface area contributed by atoms with Gasteiger partial charge in [0.25, 0.3) is 0 Å². The number of unbranched alkanes of at least 4 members (excludes halogenated alkanes) is 1. The Labute approximate surface area is 95.4 Å². The molecular formula is C10H18N4O2. The van der Waals surface area contributed by atoms with E-state index >= 15 is 0 Å². The minimum absolute atomic E-state index is 0.262. The molecule has 0 spiro atoms. The van der Waals surface area contributed by atoms with E-state index < -0.39 is 0 Å². The number of rotatable bonds is 7. The molecule has 0 bridgehead atoms. The lowest BCUT2D eigenvalue weighted by molar-refractivity contribution is 0.275. The molecule has 0 unspecified atom stereocenters. The van der Waals surface area contributed by atoms with Crippen molar-refractivity contribution in [3.8, 4) is 12.0 Å². The van der Waals surface area contributed by atoms with Crippen LogP contribution in [-0.2, 0) is 0 Å². The Morgan fingerprint density at radius 1 is 1.12 bits per heavy atom. The molecule has 0 aromatic carbocycles. The van der Waals surface area contributed by atoms with Gasteiger partial charge in [-0.1, -0.05) is 13.3 Å². The minimum Gasteiger partial charge on any atom is -0.467 e. The summed E-state index contributed by atoms with van der Waals surface area (Å²) in [5.41, 5.74) is 0. The first kappa shape index (κ1) is 12.5. The summed E-state index contributed by atoms with van der Waals surface area (Å²) in [6, 6.07) is 0.564. The second-order valence-corrected chi connectivity index (χ2v) is 3.16. The molecular weight excluding hydrogens is 208 g/mol. The van der Waals surface area contributed by atoms with Crippen molar-refractivity contribution in [3.05, 3.63) is 0 Å². The molecule has 0 amide bonds. The molecule has 1 aromatic heterocycles. The fourth-order valence-corrected chi connectivity index (χ4v) is 1.04. The Morgan fingerprint density at radius 3 is 2.50 bits per heavy atom. The van der Waals surface area contributed by atoms with Crippen LogP contribution in [0.4, 0.5) is 5.95 Å². The summed E-state index contributed by atoms with van der Waals surface area (Å²) in [5.74, 6) is 0.473. The maximum atomic E-state index is 5.39. The Bertz CT molecular complexity index is 320. The van der Waals surface area contributed by atoms with Gasteiger partial charge in [0.1, 0.15) is 0 Å². The van der Waals surface area contributed by atoms with Crippen LogP contribution in [0, 0.1) is 0 Å². The third kappa shape index (κ3) is 3.88. The van der Waals surface area contributed by atoms with Crippen LogP contribution in [0.1, 0.15) is 26.7 Å². The zero-order chi connectivity index (χ0) is 11.8. The van der Waals surface area contributed by atoms with Crippen LogP contribution in [-0.4, -0.2) is 35.2 Å². The zero-order valence-electron chi connectivity index (χ0n) is 9.99. The number of hydrogen-bond donors (Lipinski definition) is 1. The number of nitrogens with one attached hydrogen (secondary N) is 1. The highest BCUT2D eigenvalue weighted by molar-refractivity contribution is 5.26. The number of nitrogens with zero attached hydrogens (tertiary/aromatic N) is 3. The predicted octanol–water partition coefficient (Wildman–Crippen LogP) is 1.49. The summed E-state index contributed by atoms with van der Waals surface area (Å²) in [7, 11) is 1.51. The number of anilines is 1. The fourth-order valence-electron chi connectivity index (χ4n) is 1.04. The van der Waals surface area contributed by atoms with Gasteiger partial charge >= 0.3 is 12.0 Å². The van der Waals surface area contributed by atoms with Gasteiger partial charge in [-0.05, 0) is 13.3 Å². The van der Waals surface area contributed by atoms with Crippen molar-refractivity contribution in [2.24, 2.45) is 0 Å². The molecule has 1 rings (SSSR count). The molecule has 0 radical (unpaired) electrons. The summed E-state index contributed by atoms with van der Waals surface area (Å²) in [4.78, 5) is 12.1. The van der Waals surface area contributed by atoms with Crippen LogP contribution in [0.5, 0.6) is 12.0 Å². The molecule has 0 aliphatic carbocycles. The third-order valence-electron chi connectivity index (χ3n) is 1.84. The van der Waals surface area contributed by atoms with Gasteiger partial charge in [0.2, 0.25) is 5.95 Å². The molecule has 1 heterocycles. The summed E-state index contributed by atoms with van der Waals surface area (Å²) in [6.07, 6.45) is 2.05. The molecule has 0 saturated heterocycles. The number of ether oxygens (including phenoxy) is 2. The Hall–Kier alpha value is -1.59. The van der Waals surface area contributed by atoms with E-state index in [2.05, 4.69) is 27.2 Å². The van der Waals surface area contributed by atoms with Gasteiger partial charge in [-0.25, -0.2) is 0 Å². The standard InChI is InChI=1S/C10H18N4O2/c1-4-6-7-16-10-13-8(11-5-2)12-9(14-10)15-3/h4-7H2,1-3H3,(H,11,12,13,14). The van der Waals surface area contributed by atoms with Gasteiger partial charge in [-0.3, -0.25) is 0 Å². The normalized spacial score (nSPS) is 9.94. The van der Waals surface area contributed by atoms with Gasteiger partial charge in [0.05, 0.1) is 13.7 Å². The first-order valence-electron chi connectivity index (χ1n) is 5.46. The molecule has 0 saturated carbocycles. The molecule has 6 heteroatoms. The lowest BCUT2D eigenvalue weighted by atomic mass is 10.4. The topological polar surface area (TPSA) is 69.2 Å². The van der Waals surface area contributed by atoms with E-state index in [4.69, 9.17) is 9.47 Å². The third-order valence-corrected chi connectivity index (χ3v) is 1.84. The van der Waals surface area contributed by atoms with E-state index in [-0.39, 0.29) is 6.01 Å². The maximum absolute atomic E-state index is 5.39. The number of methoxy groups -OCH3 is 1. The van der Waals surface area contributed by atoms with Crippen molar-refractivity contribution in [3.63, 3.8) is 0 Å². The highest BCUT2D eigenvalue weighted by Crippen LogP contribution is 2.12. The first-order chi connectivity index (χ1) is 7.80. The van der Waals surface area contributed by atoms with Crippen LogP contribution in [0.15, 0.2) is 0 Å². The summed E-state index contributed by atoms with van der Waals surface area (Å²) >= 11 is 0. The van der Waals surface area contributed by atoms with Crippen molar-refractivity contribution < 1.29 is 9.47 Å². The maximum Gasteiger partial charge on any atom is 0.324 e. The lowest BCUT2D eigenvalue weighted by Gasteiger charge is -2.07. The zero-order valence-corrected chi connectivity index (χ0v) is 9.99. The van der Waals surface area contributed by atoms with E-state index in [1.807, 2.05) is 6.92 Å². The Balaban J connectivity index is 2.69. The van der Waals surface area contributed by atoms with Gasteiger partial charge in [0.15, 0.2) is 0 Å². The highest BCUT2D eigenvalue weighted by Gasteiger charge is 2.06. The SMILES string of the molecule is CCCCOc1nc(NCC)nc(OC)n1. The molecule has 0 atom stereocenters. The van der Waals surface area contributed by atoms with Gasteiger partial charge in [-0.2, -0.15) is 9.97 Å². The smallest absolute Gasteiger partial charge is 0.324 e. The fraction of sp³-hybridized carbons (Fsp3) is 0.700. The number of aromatic nitrogens is 3. The average molecular weight is 226 g/mol. The van der Waals surface area contributed by atoms with Crippen LogP contribution < -0.4 is 14.8 Å². The summed E-state index contributed by atoms with van der Waals surface area (Å²) < 4.78 is 10.4. The molecule has 6 nitrogen and oxygen atoms in total. The molecule has 0 fully saturated rings. The molecule has 1 N–H and O–H groups in total. The van der Waals surface area contributed by atoms with Gasteiger partial charge in [-0.15, -0.1) is 4.98 Å². The lowest BCUT2D eigenvalue weighted by Crippen LogP contribution is -2.08. The largest absolute Gasteiger partial charge is 0.467 e. The monoisotopic (exact) mass is 226 g/mol.